The average molecular weight is 546 g/mol. The molecule has 3 aromatic heterocycles. The van der Waals surface area contributed by atoms with E-state index in [4.69, 9.17) is 15.2 Å². The number of aromatic nitrogens is 5. The minimum Gasteiger partial charge on any atom is -0.382 e. The number of rotatable bonds is 6. The van der Waals surface area contributed by atoms with Crippen molar-refractivity contribution in [2.45, 2.75) is 56.7 Å². The first-order valence-corrected chi connectivity index (χ1v) is 14.0. The molecule has 1 amide bonds. The zero-order valence-corrected chi connectivity index (χ0v) is 22.2. The summed E-state index contributed by atoms with van der Waals surface area (Å²) in [6.45, 7) is 2.62. The van der Waals surface area contributed by atoms with Crippen LogP contribution in [-0.2, 0) is 9.47 Å². The van der Waals surface area contributed by atoms with E-state index in [1.54, 1.807) is 22.8 Å². The van der Waals surface area contributed by atoms with Gasteiger partial charge < -0.3 is 20.1 Å². The molecule has 5 heterocycles. The molecule has 40 heavy (non-hydrogen) atoms. The van der Waals surface area contributed by atoms with E-state index < -0.39 is 5.82 Å². The second-order valence-corrected chi connectivity index (χ2v) is 10.8. The van der Waals surface area contributed by atoms with Gasteiger partial charge in [0.05, 0.1) is 23.0 Å². The van der Waals surface area contributed by atoms with Gasteiger partial charge in [0.25, 0.3) is 5.91 Å². The first-order valence-electron chi connectivity index (χ1n) is 14.0. The Morgan fingerprint density at radius 2 is 1.65 bits per heavy atom. The molecule has 10 nitrogen and oxygen atoms in total. The number of nitrogens with two attached hydrogens (primary N) is 1. The number of amides is 1. The molecule has 3 fully saturated rings. The number of carbonyl (C=O) groups is 1. The first kappa shape index (κ1) is 25.2. The molecule has 4 aromatic rings. The second-order valence-electron chi connectivity index (χ2n) is 10.8. The maximum Gasteiger partial charge on any atom is 0.257 e. The Morgan fingerprint density at radius 1 is 0.925 bits per heavy atom. The van der Waals surface area contributed by atoms with Gasteiger partial charge in [0.1, 0.15) is 17.7 Å². The zero-order chi connectivity index (χ0) is 27.2. The lowest BCUT2D eigenvalue weighted by atomic mass is 10.0. The van der Waals surface area contributed by atoms with Gasteiger partial charge in [-0.3, -0.25) is 9.48 Å². The molecule has 0 radical (unpaired) electrons. The molecular formula is C29H32FN7O3. The molecule has 1 aliphatic carbocycles. The van der Waals surface area contributed by atoms with E-state index in [1.807, 2.05) is 21.7 Å². The van der Waals surface area contributed by atoms with Crippen molar-refractivity contribution < 1.29 is 18.7 Å². The van der Waals surface area contributed by atoms with Crippen LogP contribution in [0.25, 0.3) is 28.0 Å². The van der Waals surface area contributed by atoms with Crippen molar-refractivity contribution in [1.82, 2.24) is 29.3 Å². The minimum absolute atomic E-state index is 0.0653. The number of ether oxygens (including phenoxy) is 2. The van der Waals surface area contributed by atoms with Crippen molar-refractivity contribution >= 4 is 17.2 Å². The maximum absolute atomic E-state index is 15.3. The molecule has 2 N–H and O–H groups in total. The molecule has 2 aliphatic heterocycles. The number of fused-ring (bicyclic) bond motifs is 1. The summed E-state index contributed by atoms with van der Waals surface area (Å²) in [7, 11) is 0. The van der Waals surface area contributed by atoms with E-state index >= 15 is 4.39 Å². The van der Waals surface area contributed by atoms with Crippen molar-refractivity contribution in [3.05, 3.63) is 54.2 Å². The predicted molar refractivity (Wildman–Crippen MR) is 146 cm³/mol. The van der Waals surface area contributed by atoms with Crippen molar-refractivity contribution in [2.75, 3.05) is 32.2 Å². The third-order valence-corrected chi connectivity index (χ3v) is 8.32. The van der Waals surface area contributed by atoms with E-state index in [2.05, 4.69) is 15.2 Å². The SMILES string of the molecule is Nc1ncnn2c(-c3ccc(F)c(C(=O)N(C4CCOCC4)C4CC4)c3)cc(-c3ccnn3C3CCOCC3)c12. The van der Waals surface area contributed by atoms with Crippen LogP contribution in [0.3, 0.4) is 0 Å². The topological polar surface area (TPSA) is 113 Å². The molecule has 0 spiro atoms. The van der Waals surface area contributed by atoms with E-state index in [-0.39, 0.29) is 29.6 Å². The van der Waals surface area contributed by atoms with E-state index in [0.717, 1.165) is 49.8 Å². The Bertz CT molecular complexity index is 1550. The van der Waals surface area contributed by atoms with Gasteiger partial charge in [0.15, 0.2) is 5.82 Å². The lowest BCUT2D eigenvalue weighted by molar-refractivity contribution is 0.0264. The third kappa shape index (κ3) is 4.43. The van der Waals surface area contributed by atoms with E-state index in [9.17, 15) is 4.79 Å². The molecule has 1 aromatic carbocycles. The summed E-state index contributed by atoms with van der Waals surface area (Å²) >= 11 is 0. The molecule has 11 heteroatoms. The number of benzene rings is 1. The van der Waals surface area contributed by atoms with Crippen LogP contribution in [0.15, 0.2) is 42.9 Å². The van der Waals surface area contributed by atoms with Crippen LogP contribution in [0.1, 0.15) is 54.9 Å². The Hall–Kier alpha value is -3.83. The molecule has 208 valence electrons. The highest BCUT2D eigenvalue weighted by molar-refractivity contribution is 5.97. The van der Waals surface area contributed by atoms with Gasteiger partial charge in [0, 0.05) is 55.8 Å². The van der Waals surface area contributed by atoms with Crippen LogP contribution in [0.2, 0.25) is 0 Å². The Kier molecular flexibility index (Phi) is 6.47. The number of carbonyl (C=O) groups excluding carboxylic acids is 1. The fourth-order valence-corrected chi connectivity index (χ4v) is 6.15. The normalized spacial score (nSPS) is 18.8. The molecule has 1 saturated carbocycles. The highest BCUT2D eigenvalue weighted by Gasteiger charge is 2.39. The van der Waals surface area contributed by atoms with E-state index in [0.29, 0.717) is 49.0 Å². The number of nitrogens with zero attached hydrogens (tertiary/aromatic N) is 6. The van der Waals surface area contributed by atoms with Gasteiger partial charge in [-0.05, 0) is 68.9 Å². The Balaban J connectivity index is 1.31. The molecule has 2 saturated heterocycles. The average Bonchev–Trinajstić information content (AvgIpc) is 3.55. The predicted octanol–water partition coefficient (Wildman–Crippen LogP) is 4.12. The number of nitrogen functional groups attached to an aromatic ring is 1. The minimum atomic E-state index is -0.528. The van der Waals surface area contributed by atoms with Gasteiger partial charge in [-0.15, -0.1) is 0 Å². The summed E-state index contributed by atoms with van der Waals surface area (Å²) in [5.41, 5.74) is 10.2. The summed E-state index contributed by atoms with van der Waals surface area (Å²) in [6.07, 6.45) is 8.37. The lowest BCUT2D eigenvalue weighted by Gasteiger charge is -2.34. The van der Waals surface area contributed by atoms with Crippen LogP contribution in [0.4, 0.5) is 10.2 Å². The number of halogens is 1. The first-order chi connectivity index (χ1) is 19.6. The number of hydrogen-bond donors (Lipinski definition) is 1. The van der Waals surface area contributed by atoms with Gasteiger partial charge in [-0.25, -0.2) is 13.9 Å². The van der Waals surface area contributed by atoms with Gasteiger partial charge in [-0.2, -0.15) is 10.2 Å². The zero-order valence-electron chi connectivity index (χ0n) is 22.2. The molecule has 0 bridgehead atoms. The van der Waals surface area contributed by atoms with Crippen LogP contribution < -0.4 is 5.73 Å². The van der Waals surface area contributed by atoms with Crippen molar-refractivity contribution in [3.63, 3.8) is 0 Å². The molecule has 3 aliphatic rings. The quantitative estimate of drug-likeness (QED) is 0.388. The smallest absolute Gasteiger partial charge is 0.257 e. The number of hydrogen-bond acceptors (Lipinski definition) is 7. The van der Waals surface area contributed by atoms with Gasteiger partial charge in [-0.1, -0.05) is 0 Å². The summed E-state index contributed by atoms with van der Waals surface area (Å²) in [4.78, 5) is 20.0. The van der Waals surface area contributed by atoms with Crippen molar-refractivity contribution in [2.24, 2.45) is 0 Å². The van der Waals surface area contributed by atoms with E-state index in [1.165, 1.54) is 12.4 Å². The molecule has 0 unspecified atom stereocenters. The highest BCUT2D eigenvalue weighted by atomic mass is 19.1. The fourth-order valence-electron chi connectivity index (χ4n) is 6.15. The fraction of sp³-hybridized carbons (Fsp3) is 0.448. The van der Waals surface area contributed by atoms with Gasteiger partial charge in [0.2, 0.25) is 0 Å². The summed E-state index contributed by atoms with van der Waals surface area (Å²) in [6, 6.07) is 9.07. The van der Waals surface area contributed by atoms with Crippen LogP contribution in [0, 0.1) is 5.82 Å². The standard InChI is InChI=1S/C29H32FN7O3/c30-24-4-1-18(15-22(24)29(38)35(19-2-3-19)20-6-11-39-12-7-20)26-16-23(27-28(31)32-17-34-37(26)27)25-5-10-33-36(25)21-8-13-40-14-9-21/h1,4-5,10,15-17,19-21H,2-3,6-9,11-14H2,(H2,31,32,34). The van der Waals surface area contributed by atoms with Crippen LogP contribution in [0.5, 0.6) is 0 Å². The Morgan fingerprint density at radius 3 is 2.40 bits per heavy atom. The van der Waals surface area contributed by atoms with Gasteiger partial charge >= 0.3 is 0 Å². The molecule has 0 atom stereocenters. The maximum atomic E-state index is 15.3. The molecule has 7 rings (SSSR count). The summed E-state index contributed by atoms with van der Waals surface area (Å²) < 4.78 is 30.1. The lowest BCUT2D eigenvalue weighted by Crippen LogP contribution is -2.45. The van der Waals surface area contributed by atoms with Crippen molar-refractivity contribution in [1.29, 1.82) is 0 Å². The third-order valence-electron chi connectivity index (χ3n) is 8.32. The number of anilines is 1. The Labute approximate surface area is 230 Å². The molecular weight excluding hydrogens is 513 g/mol. The second kappa shape index (κ2) is 10.3. The van der Waals surface area contributed by atoms with Crippen LogP contribution in [-0.4, -0.2) is 73.7 Å². The largest absolute Gasteiger partial charge is 0.382 e. The van der Waals surface area contributed by atoms with Crippen LogP contribution >= 0.6 is 0 Å². The monoisotopic (exact) mass is 545 g/mol. The van der Waals surface area contributed by atoms with Crippen molar-refractivity contribution in [3.8, 4) is 22.5 Å². The highest BCUT2D eigenvalue weighted by Crippen LogP contribution is 2.38. The summed E-state index contributed by atoms with van der Waals surface area (Å²) in [5, 5.41) is 9.14. The summed E-state index contributed by atoms with van der Waals surface area (Å²) in [5.74, 6) is -0.463.